The molecule has 0 spiro atoms. The molecule has 0 fully saturated rings. The van der Waals surface area contributed by atoms with E-state index in [9.17, 15) is 29.6 Å². The summed E-state index contributed by atoms with van der Waals surface area (Å²) >= 11 is 0. The molecular formula is C15H7N2O6-. The Hall–Kier alpha value is -3.55. The van der Waals surface area contributed by atoms with Gasteiger partial charge in [0.25, 0.3) is 17.5 Å². The number of aromatic carboxylic acids is 1. The second-order valence-corrected chi connectivity index (χ2v) is 4.77. The van der Waals surface area contributed by atoms with Crippen LogP contribution < -0.4 is 10.0 Å². The first kappa shape index (κ1) is 14.4. The van der Waals surface area contributed by atoms with E-state index in [1.165, 1.54) is 24.3 Å². The van der Waals surface area contributed by atoms with Gasteiger partial charge in [0, 0.05) is 12.1 Å². The number of carboxylic acid groups (broad SMARTS) is 1. The highest BCUT2D eigenvalue weighted by Crippen LogP contribution is 2.30. The van der Waals surface area contributed by atoms with Crippen LogP contribution in [0.3, 0.4) is 0 Å². The van der Waals surface area contributed by atoms with Crippen LogP contribution in [-0.4, -0.2) is 22.7 Å². The molecule has 0 radical (unpaired) electrons. The highest BCUT2D eigenvalue weighted by molar-refractivity contribution is 6.34. The van der Waals surface area contributed by atoms with Crippen LogP contribution in [0.2, 0.25) is 0 Å². The Labute approximate surface area is 128 Å². The van der Waals surface area contributed by atoms with Crippen LogP contribution in [0, 0.1) is 10.1 Å². The summed E-state index contributed by atoms with van der Waals surface area (Å²) < 4.78 is 0. The summed E-state index contributed by atoms with van der Waals surface area (Å²) in [5.41, 5.74) is -0.504. The molecule has 2 aromatic rings. The van der Waals surface area contributed by atoms with Crippen LogP contribution in [0.1, 0.15) is 31.1 Å². The van der Waals surface area contributed by atoms with E-state index in [1.54, 1.807) is 0 Å². The molecule has 0 atom stereocenters. The molecule has 114 valence electrons. The van der Waals surface area contributed by atoms with Crippen molar-refractivity contribution in [2.24, 2.45) is 0 Å². The van der Waals surface area contributed by atoms with Gasteiger partial charge in [-0.1, -0.05) is 12.1 Å². The third-order valence-corrected chi connectivity index (χ3v) is 3.42. The van der Waals surface area contributed by atoms with Crippen molar-refractivity contribution in [1.82, 2.24) is 0 Å². The van der Waals surface area contributed by atoms with Gasteiger partial charge >= 0.3 is 0 Å². The molecule has 0 saturated heterocycles. The number of non-ortho nitro benzene ring substituents is 1. The summed E-state index contributed by atoms with van der Waals surface area (Å²) in [4.78, 5) is 46.5. The number of nitro groups is 1. The first-order chi connectivity index (χ1) is 10.9. The van der Waals surface area contributed by atoms with Crippen LogP contribution in [0.5, 0.6) is 0 Å². The van der Waals surface area contributed by atoms with Crippen molar-refractivity contribution in [2.45, 2.75) is 0 Å². The van der Waals surface area contributed by atoms with Gasteiger partial charge in [-0.2, -0.15) is 0 Å². The minimum absolute atomic E-state index is 0.0338. The fourth-order valence-electron chi connectivity index (χ4n) is 2.35. The van der Waals surface area contributed by atoms with Crippen molar-refractivity contribution in [1.29, 1.82) is 0 Å². The van der Waals surface area contributed by atoms with Crippen molar-refractivity contribution in [3.05, 3.63) is 69.3 Å². The molecule has 2 aromatic carbocycles. The molecular weight excluding hydrogens is 304 g/mol. The van der Waals surface area contributed by atoms with Crippen LogP contribution in [0.15, 0.2) is 42.5 Å². The summed E-state index contributed by atoms with van der Waals surface area (Å²) in [6.07, 6.45) is 0. The Morgan fingerprint density at radius 2 is 1.70 bits per heavy atom. The van der Waals surface area contributed by atoms with Crippen molar-refractivity contribution >= 4 is 29.2 Å². The predicted molar refractivity (Wildman–Crippen MR) is 75.0 cm³/mol. The maximum atomic E-state index is 12.4. The number of hydrogen-bond acceptors (Lipinski definition) is 6. The standard InChI is InChI=1S/C15H8N2O6/c18-13-11-5-4-8(15(20)21)6-12(11)14(19)16(13)9-2-1-3-10(7-9)17(22)23/h1-7H,(H,20,21)/p-1. The van der Waals surface area contributed by atoms with Crippen LogP contribution in [-0.2, 0) is 0 Å². The van der Waals surface area contributed by atoms with E-state index in [0.29, 0.717) is 0 Å². The second-order valence-electron chi connectivity index (χ2n) is 4.77. The SMILES string of the molecule is O=C([O-])c1ccc2c(c1)C(=O)N(c1cccc([N+](=O)[O-])c1)C2=O. The van der Waals surface area contributed by atoms with Gasteiger partial charge in [0.1, 0.15) is 0 Å². The lowest BCUT2D eigenvalue weighted by Crippen LogP contribution is -2.29. The summed E-state index contributed by atoms with van der Waals surface area (Å²) in [5, 5.41) is 21.7. The number of imide groups is 1. The number of nitrogens with zero attached hydrogens (tertiary/aromatic N) is 2. The molecule has 1 heterocycles. The Kier molecular flexibility index (Phi) is 3.14. The number of carboxylic acids is 1. The Morgan fingerprint density at radius 3 is 2.35 bits per heavy atom. The monoisotopic (exact) mass is 311 g/mol. The average molecular weight is 311 g/mol. The number of amides is 2. The van der Waals surface area contributed by atoms with Crippen LogP contribution in [0.4, 0.5) is 11.4 Å². The van der Waals surface area contributed by atoms with Gasteiger partial charge in [-0.25, -0.2) is 4.90 Å². The molecule has 0 aromatic heterocycles. The van der Waals surface area contributed by atoms with Crippen LogP contribution >= 0.6 is 0 Å². The average Bonchev–Trinajstić information content (AvgIpc) is 2.78. The maximum Gasteiger partial charge on any atom is 0.271 e. The van der Waals surface area contributed by atoms with Gasteiger partial charge in [0.05, 0.1) is 27.7 Å². The van der Waals surface area contributed by atoms with E-state index in [2.05, 4.69) is 0 Å². The Morgan fingerprint density at radius 1 is 1.00 bits per heavy atom. The first-order valence-electron chi connectivity index (χ1n) is 6.39. The zero-order chi connectivity index (χ0) is 16.7. The molecule has 0 N–H and O–H groups in total. The summed E-state index contributed by atoms with van der Waals surface area (Å²) in [6.45, 7) is 0. The van der Waals surface area contributed by atoms with E-state index >= 15 is 0 Å². The van der Waals surface area contributed by atoms with E-state index in [0.717, 1.165) is 23.1 Å². The lowest BCUT2D eigenvalue weighted by Gasteiger charge is -2.13. The second kappa shape index (κ2) is 5.02. The van der Waals surface area contributed by atoms with E-state index in [4.69, 9.17) is 0 Å². The summed E-state index contributed by atoms with van der Waals surface area (Å²) in [6, 6.07) is 8.51. The largest absolute Gasteiger partial charge is 0.545 e. The lowest BCUT2D eigenvalue weighted by atomic mass is 10.1. The van der Waals surface area contributed by atoms with E-state index in [-0.39, 0.29) is 28.1 Å². The number of nitro benzene ring substituents is 1. The van der Waals surface area contributed by atoms with Crippen molar-refractivity contribution in [3.63, 3.8) is 0 Å². The molecule has 8 heteroatoms. The number of fused-ring (bicyclic) bond motifs is 1. The van der Waals surface area contributed by atoms with Gasteiger partial charge in [0.2, 0.25) is 0 Å². The van der Waals surface area contributed by atoms with Gasteiger partial charge in [0.15, 0.2) is 0 Å². The molecule has 2 amide bonds. The minimum atomic E-state index is -1.47. The molecule has 0 saturated carbocycles. The number of benzene rings is 2. The van der Waals surface area contributed by atoms with E-state index in [1.807, 2.05) is 0 Å². The third kappa shape index (κ3) is 2.22. The maximum absolute atomic E-state index is 12.4. The van der Waals surface area contributed by atoms with Crippen molar-refractivity contribution in [3.8, 4) is 0 Å². The van der Waals surface area contributed by atoms with Crippen LogP contribution in [0.25, 0.3) is 0 Å². The highest BCUT2D eigenvalue weighted by atomic mass is 16.6. The third-order valence-electron chi connectivity index (χ3n) is 3.42. The molecule has 23 heavy (non-hydrogen) atoms. The van der Waals surface area contributed by atoms with Gasteiger partial charge in [-0.05, 0) is 23.8 Å². The van der Waals surface area contributed by atoms with Crippen molar-refractivity contribution < 1.29 is 24.4 Å². The van der Waals surface area contributed by atoms with E-state index < -0.39 is 22.7 Å². The van der Waals surface area contributed by atoms with Gasteiger partial charge < -0.3 is 9.90 Å². The molecule has 0 aliphatic carbocycles. The fourth-order valence-corrected chi connectivity index (χ4v) is 2.35. The topological polar surface area (TPSA) is 121 Å². The zero-order valence-electron chi connectivity index (χ0n) is 11.4. The number of carbonyl (C=O) groups excluding carboxylic acids is 3. The Balaban J connectivity index is 2.08. The summed E-state index contributed by atoms with van der Waals surface area (Å²) in [7, 11) is 0. The smallest absolute Gasteiger partial charge is 0.271 e. The minimum Gasteiger partial charge on any atom is -0.545 e. The fraction of sp³-hybridized carbons (Fsp3) is 0. The quantitative estimate of drug-likeness (QED) is 0.468. The highest BCUT2D eigenvalue weighted by Gasteiger charge is 2.37. The van der Waals surface area contributed by atoms with Gasteiger partial charge in [-0.15, -0.1) is 0 Å². The number of hydrogen-bond donors (Lipinski definition) is 0. The molecule has 3 rings (SSSR count). The normalized spacial score (nSPS) is 13.1. The predicted octanol–water partition coefficient (Wildman–Crippen LogP) is 0.759. The number of carbonyl (C=O) groups is 3. The Bertz CT molecular complexity index is 889. The number of rotatable bonds is 3. The lowest BCUT2D eigenvalue weighted by molar-refractivity contribution is -0.384. The molecule has 8 nitrogen and oxygen atoms in total. The first-order valence-corrected chi connectivity index (χ1v) is 6.39. The number of anilines is 1. The molecule has 0 bridgehead atoms. The molecule has 1 aliphatic rings. The van der Waals surface area contributed by atoms with Crippen molar-refractivity contribution in [2.75, 3.05) is 4.90 Å². The zero-order valence-corrected chi connectivity index (χ0v) is 11.4. The molecule has 1 aliphatic heterocycles. The summed E-state index contributed by atoms with van der Waals surface area (Å²) in [5.74, 6) is -2.88. The van der Waals surface area contributed by atoms with Gasteiger partial charge in [-0.3, -0.25) is 19.7 Å². The molecule has 0 unspecified atom stereocenters.